The molecule has 0 saturated carbocycles. The van der Waals surface area contributed by atoms with Crippen molar-refractivity contribution in [1.29, 1.82) is 0 Å². The fraction of sp³-hybridized carbons (Fsp3) is 0.0690. The van der Waals surface area contributed by atoms with Crippen molar-refractivity contribution < 1.29 is 18.1 Å². The molecule has 11 heteroatoms. The summed E-state index contributed by atoms with van der Waals surface area (Å²) in [6.07, 6.45) is 0. The molecule has 0 aliphatic carbocycles. The van der Waals surface area contributed by atoms with E-state index < -0.39 is 20.6 Å². The number of rotatable bonds is 7. The Balaban J connectivity index is 1.46. The predicted molar refractivity (Wildman–Crippen MR) is 152 cm³/mol. The number of hydrogen-bond acceptors (Lipinski definition) is 6. The minimum absolute atomic E-state index is 0.0173. The van der Waals surface area contributed by atoms with Crippen LogP contribution in [0.5, 0.6) is 5.75 Å². The Morgan fingerprint density at radius 3 is 2.08 bits per heavy atom. The maximum Gasteiger partial charge on any atom is 0.299 e. The van der Waals surface area contributed by atoms with Gasteiger partial charge in [-0.1, -0.05) is 66.2 Å². The topological polar surface area (TPSA) is 137 Å². The molecule has 0 spiro atoms. The van der Waals surface area contributed by atoms with Gasteiger partial charge in [-0.3, -0.25) is 14.4 Å². The molecule has 1 heterocycles. The van der Waals surface area contributed by atoms with Crippen LogP contribution in [0.15, 0.2) is 117 Å². The highest BCUT2D eigenvalue weighted by Gasteiger charge is 2.19. The first-order chi connectivity index (χ1) is 19.1. The van der Waals surface area contributed by atoms with Crippen LogP contribution in [-0.4, -0.2) is 27.9 Å². The van der Waals surface area contributed by atoms with E-state index in [1.54, 1.807) is 31.2 Å². The lowest BCUT2D eigenvalue weighted by atomic mass is 9.85. The van der Waals surface area contributed by atoms with Gasteiger partial charge in [0.1, 0.15) is 5.75 Å². The molecule has 4 aromatic carbocycles. The van der Waals surface area contributed by atoms with Gasteiger partial charge >= 0.3 is 0 Å². The number of nitrogens with zero attached hydrogens (tertiary/aromatic N) is 3. The van der Waals surface area contributed by atoms with Crippen molar-refractivity contribution in [3.8, 4) is 11.4 Å². The summed E-state index contributed by atoms with van der Waals surface area (Å²) in [5.74, 6) is 0.119. The lowest BCUT2D eigenvalue weighted by molar-refractivity contribution is 0.475. The molecule has 9 nitrogen and oxygen atoms in total. The van der Waals surface area contributed by atoms with E-state index in [1.807, 2.05) is 54.6 Å². The van der Waals surface area contributed by atoms with Gasteiger partial charge in [-0.2, -0.15) is 13.5 Å². The molecule has 5 rings (SSSR count). The largest absolute Gasteiger partial charge is 0.508 e. The molecule has 1 atom stereocenters. The maximum atomic E-state index is 13.1. The standard InChI is InChI=1S/C29H23ClN4O5S/c1-18-28(29(36)34(33-18)26-17-24(40(37,38)39)15-16-25(26)30)32-31-22-11-7-20(8-12-22)27(19-5-3-2-4-6-19)21-9-13-23(35)14-10-21/h2-17,27,33,35H,1H3,(H,37,38,39). The van der Waals surface area contributed by atoms with E-state index in [-0.39, 0.29) is 28.1 Å². The zero-order valence-electron chi connectivity index (χ0n) is 21.1. The number of benzene rings is 4. The highest BCUT2D eigenvalue weighted by atomic mass is 35.5. The quantitative estimate of drug-likeness (QED) is 0.113. The number of nitrogens with one attached hydrogen (secondary N) is 1. The summed E-state index contributed by atoms with van der Waals surface area (Å²) in [5.41, 5.74) is 3.46. The highest BCUT2D eigenvalue weighted by molar-refractivity contribution is 7.85. The van der Waals surface area contributed by atoms with Crippen LogP contribution in [0.4, 0.5) is 11.4 Å². The van der Waals surface area contributed by atoms with Crippen molar-refractivity contribution >= 4 is 33.1 Å². The third-order valence-corrected chi connectivity index (χ3v) is 7.52. The number of phenolic OH excluding ortho intramolecular Hbond substituents is 1. The predicted octanol–water partition coefficient (Wildman–Crippen LogP) is 6.68. The first-order valence-electron chi connectivity index (χ1n) is 12.1. The van der Waals surface area contributed by atoms with Gasteiger partial charge in [-0.05, 0) is 66.1 Å². The van der Waals surface area contributed by atoms with Crippen LogP contribution in [0.25, 0.3) is 5.69 Å². The van der Waals surface area contributed by atoms with E-state index in [1.165, 1.54) is 6.07 Å². The monoisotopic (exact) mass is 574 g/mol. The van der Waals surface area contributed by atoms with E-state index >= 15 is 0 Å². The van der Waals surface area contributed by atoms with Crippen LogP contribution in [0.2, 0.25) is 5.02 Å². The minimum atomic E-state index is -4.50. The van der Waals surface area contributed by atoms with Gasteiger partial charge in [0, 0.05) is 5.92 Å². The normalized spacial score (nSPS) is 12.6. The highest BCUT2D eigenvalue weighted by Crippen LogP contribution is 2.34. The SMILES string of the molecule is Cc1[nH]n(-c2cc(S(=O)(=O)O)ccc2Cl)c(=O)c1N=Nc1ccc(C(c2ccccc2)c2ccc(O)cc2)cc1. The van der Waals surface area contributed by atoms with Gasteiger partial charge in [0.05, 0.1) is 27.0 Å². The van der Waals surface area contributed by atoms with Gasteiger partial charge in [-0.15, -0.1) is 5.11 Å². The van der Waals surface area contributed by atoms with Crippen molar-refractivity contribution in [3.05, 3.63) is 135 Å². The van der Waals surface area contributed by atoms with Gasteiger partial charge < -0.3 is 5.11 Å². The summed E-state index contributed by atoms with van der Waals surface area (Å²) in [6.45, 7) is 1.62. The van der Waals surface area contributed by atoms with E-state index in [0.717, 1.165) is 33.5 Å². The minimum Gasteiger partial charge on any atom is -0.508 e. The summed E-state index contributed by atoms with van der Waals surface area (Å²) in [7, 11) is -4.50. The summed E-state index contributed by atoms with van der Waals surface area (Å²) in [6, 6.07) is 28.0. The van der Waals surface area contributed by atoms with E-state index in [9.17, 15) is 22.9 Å². The molecule has 0 fully saturated rings. The van der Waals surface area contributed by atoms with Crippen molar-refractivity contribution in [3.63, 3.8) is 0 Å². The van der Waals surface area contributed by atoms with Crippen LogP contribution in [0.3, 0.4) is 0 Å². The Morgan fingerprint density at radius 2 is 1.45 bits per heavy atom. The van der Waals surface area contributed by atoms with Crippen molar-refractivity contribution in [2.75, 3.05) is 0 Å². The van der Waals surface area contributed by atoms with E-state index in [4.69, 9.17) is 11.6 Å². The fourth-order valence-corrected chi connectivity index (χ4v) is 5.08. The number of aromatic nitrogens is 2. The Bertz CT molecular complexity index is 1870. The van der Waals surface area contributed by atoms with Gasteiger partial charge in [0.25, 0.3) is 15.7 Å². The molecule has 1 unspecified atom stereocenters. The summed E-state index contributed by atoms with van der Waals surface area (Å²) < 4.78 is 33.5. The molecule has 1 aromatic heterocycles. The average Bonchev–Trinajstić information content (AvgIpc) is 3.22. The lowest BCUT2D eigenvalue weighted by Gasteiger charge is -2.19. The molecule has 0 amide bonds. The van der Waals surface area contributed by atoms with Gasteiger partial charge in [0.2, 0.25) is 0 Å². The zero-order chi connectivity index (χ0) is 28.4. The number of hydrogen-bond donors (Lipinski definition) is 3. The lowest BCUT2D eigenvalue weighted by Crippen LogP contribution is -2.15. The molecule has 0 saturated heterocycles. The molecule has 0 aliphatic heterocycles. The summed E-state index contributed by atoms with van der Waals surface area (Å²) in [5, 5.41) is 21.0. The smallest absolute Gasteiger partial charge is 0.299 e. The molecule has 40 heavy (non-hydrogen) atoms. The van der Waals surface area contributed by atoms with Crippen LogP contribution < -0.4 is 5.56 Å². The molecule has 0 radical (unpaired) electrons. The van der Waals surface area contributed by atoms with Crippen molar-refractivity contribution in [2.45, 2.75) is 17.7 Å². The average molecular weight is 575 g/mol. The number of azo groups is 1. The molecular weight excluding hydrogens is 552 g/mol. The number of aromatic amines is 1. The summed E-state index contributed by atoms with van der Waals surface area (Å²) >= 11 is 6.20. The third-order valence-electron chi connectivity index (χ3n) is 6.35. The number of H-pyrrole nitrogens is 1. The summed E-state index contributed by atoms with van der Waals surface area (Å²) in [4.78, 5) is 12.7. The Morgan fingerprint density at radius 1 is 0.850 bits per heavy atom. The molecular formula is C29H23ClN4O5S. The van der Waals surface area contributed by atoms with Crippen molar-refractivity contribution in [2.24, 2.45) is 10.2 Å². The number of aryl methyl sites for hydroxylation is 1. The first kappa shape index (κ1) is 27.1. The second-order valence-corrected chi connectivity index (χ2v) is 10.9. The van der Waals surface area contributed by atoms with Crippen LogP contribution in [-0.2, 0) is 10.1 Å². The second-order valence-electron chi connectivity index (χ2n) is 9.04. The number of aromatic hydroxyl groups is 1. The van der Waals surface area contributed by atoms with Gasteiger partial charge in [-0.25, -0.2) is 4.68 Å². The molecule has 0 bridgehead atoms. The van der Waals surface area contributed by atoms with Crippen LogP contribution in [0, 0.1) is 6.92 Å². The number of phenols is 1. The fourth-order valence-electron chi connectivity index (χ4n) is 4.38. The Labute approximate surface area is 234 Å². The molecule has 202 valence electrons. The Hall–Kier alpha value is -4.51. The van der Waals surface area contributed by atoms with E-state index in [2.05, 4.69) is 15.3 Å². The third kappa shape index (κ3) is 5.59. The zero-order valence-corrected chi connectivity index (χ0v) is 22.6. The van der Waals surface area contributed by atoms with E-state index in [0.29, 0.717) is 11.4 Å². The maximum absolute atomic E-state index is 13.1. The number of halogens is 1. The van der Waals surface area contributed by atoms with Gasteiger partial charge in [0.15, 0.2) is 5.69 Å². The Kier molecular flexibility index (Phi) is 7.40. The van der Waals surface area contributed by atoms with Crippen LogP contribution >= 0.6 is 11.6 Å². The molecule has 3 N–H and O–H groups in total. The second kappa shape index (κ2) is 10.9. The first-order valence-corrected chi connectivity index (χ1v) is 13.9. The van der Waals surface area contributed by atoms with Crippen LogP contribution in [0.1, 0.15) is 28.3 Å². The van der Waals surface area contributed by atoms with Crippen molar-refractivity contribution in [1.82, 2.24) is 9.78 Å². The molecule has 0 aliphatic rings. The molecule has 5 aromatic rings.